The summed E-state index contributed by atoms with van der Waals surface area (Å²) in [6.45, 7) is 9.28. The molecule has 0 aliphatic carbocycles. The van der Waals surface area contributed by atoms with Crippen molar-refractivity contribution in [2.75, 3.05) is 12.3 Å². The monoisotopic (exact) mass is 422 g/mol. The van der Waals surface area contributed by atoms with E-state index in [-0.39, 0.29) is 5.41 Å². The van der Waals surface area contributed by atoms with Crippen LogP contribution in [0.15, 0.2) is 85.1 Å². The highest BCUT2D eigenvalue weighted by atomic mass is 16.5. The number of anilines is 1. The summed E-state index contributed by atoms with van der Waals surface area (Å²) in [6, 6.07) is 27.1. The van der Waals surface area contributed by atoms with Gasteiger partial charge in [-0.2, -0.15) is 0 Å². The van der Waals surface area contributed by atoms with Crippen LogP contribution in [0.4, 0.5) is 5.69 Å². The van der Waals surface area contributed by atoms with Crippen molar-refractivity contribution in [3.8, 4) is 39.3 Å². The maximum atomic E-state index is 6.51. The molecule has 3 nitrogen and oxygen atoms in total. The molecule has 0 saturated carbocycles. The summed E-state index contributed by atoms with van der Waals surface area (Å²) in [4.78, 5) is 4.58. The smallest absolute Gasteiger partial charge is 0.128 e. The van der Waals surface area contributed by atoms with Crippen molar-refractivity contribution in [2.24, 2.45) is 0 Å². The lowest BCUT2D eigenvalue weighted by Gasteiger charge is -2.19. The molecule has 1 heterocycles. The van der Waals surface area contributed by atoms with Crippen LogP contribution in [-0.4, -0.2) is 11.6 Å². The number of ether oxygens (including phenoxy) is 1. The van der Waals surface area contributed by atoms with E-state index >= 15 is 0 Å². The molecular formula is C29H30N2O. The van der Waals surface area contributed by atoms with E-state index in [1.54, 1.807) is 0 Å². The second-order valence-corrected chi connectivity index (χ2v) is 8.99. The maximum absolute atomic E-state index is 6.51. The Hall–Kier alpha value is -3.59. The van der Waals surface area contributed by atoms with Crippen molar-refractivity contribution in [1.29, 1.82) is 0 Å². The average molecular weight is 423 g/mol. The highest BCUT2D eigenvalue weighted by Gasteiger charge is 2.14. The molecule has 162 valence electrons. The molecule has 2 N–H and O–H groups in total. The van der Waals surface area contributed by atoms with Gasteiger partial charge in [-0.15, -0.1) is 0 Å². The summed E-state index contributed by atoms with van der Waals surface area (Å²) in [5.74, 6) is 0.835. The largest absolute Gasteiger partial charge is 0.493 e. The van der Waals surface area contributed by atoms with Crippen molar-refractivity contribution < 1.29 is 4.74 Å². The summed E-state index contributed by atoms with van der Waals surface area (Å²) in [7, 11) is 0. The van der Waals surface area contributed by atoms with E-state index in [9.17, 15) is 0 Å². The Kier molecular flexibility index (Phi) is 6.00. The van der Waals surface area contributed by atoms with Gasteiger partial charge in [0.2, 0.25) is 0 Å². The van der Waals surface area contributed by atoms with Crippen LogP contribution >= 0.6 is 0 Å². The molecule has 3 heteroatoms. The number of para-hydroxylation sites is 1. The predicted molar refractivity (Wildman–Crippen MR) is 135 cm³/mol. The first kappa shape index (κ1) is 21.6. The van der Waals surface area contributed by atoms with Gasteiger partial charge in [-0.25, -0.2) is 0 Å². The van der Waals surface area contributed by atoms with E-state index in [0.717, 1.165) is 44.9 Å². The Morgan fingerprint density at radius 1 is 0.781 bits per heavy atom. The molecule has 0 spiro atoms. The fourth-order valence-corrected chi connectivity index (χ4v) is 3.87. The van der Waals surface area contributed by atoms with E-state index in [2.05, 4.69) is 74.3 Å². The van der Waals surface area contributed by atoms with Gasteiger partial charge in [0.25, 0.3) is 0 Å². The Morgan fingerprint density at radius 3 is 2.19 bits per heavy atom. The zero-order valence-corrected chi connectivity index (χ0v) is 19.2. The normalized spacial score (nSPS) is 11.4. The number of pyridine rings is 1. The molecule has 0 saturated heterocycles. The van der Waals surface area contributed by atoms with Crippen LogP contribution in [0.1, 0.15) is 33.3 Å². The maximum Gasteiger partial charge on any atom is 0.128 e. The Bertz CT molecular complexity index is 1220. The third-order valence-electron chi connectivity index (χ3n) is 5.67. The van der Waals surface area contributed by atoms with Crippen molar-refractivity contribution in [1.82, 2.24) is 4.98 Å². The summed E-state index contributed by atoms with van der Waals surface area (Å²) in [5, 5.41) is 0. The molecular weight excluding hydrogens is 392 g/mol. The number of nitrogens with zero attached hydrogens (tertiary/aromatic N) is 1. The second kappa shape index (κ2) is 8.88. The van der Waals surface area contributed by atoms with Gasteiger partial charge >= 0.3 is 0 Å². The fraction of sp³-hybridized carbons (Fsp3) is 0.207. The van der Waals surface area contributed by atoms with E-state index in [0.29, 0.717) is 6.61 Å². The van der Waals surface area contributed by atoms with Gasteiger partial charge in [0.15, 0.2) is 0 Å². The second-order valence-electron chi connectivity index (χ2n) is 8.99. The summed E-state index contributed by atoms with van der Waals surface area (Å²) < 4.78 is 5.79. The van der Waals surface area contributed by atoms with Crippen LogP contribution < -0.4 is 10.5 Å². The number of hydrogen-bond acceptors (Lipinski definition) is 3. The Balaban J connectivity index is 1.67. The van der Waals surface area contributed by atoms with E-state index in [4.69, 9.17) is 10.5 Å². The number of hydrogen-bond donors (Lipinski definition) is 1. The number of nitrogens with two attached hydrogens (primary N) is 1. The van der Waals surface area contributed by atoms with Gasteiger partial charge < -0.3 is 10.5 Å². The quantitative estimate of drug-likeness (QED) is 0.342. The lowest BCUT2D eigenvalue weighted by molar-refractivity contribution is 0.341. The zero-order chi connectivity index (χ0) is 22.7. The van der Waals surface area contributed by atoms with E-state index in [1.165, 1.54) is 5.56 Å². The number of nitrogen functional groups attached to an aromatic ring is 1. The van der Waals surface area contributed by atoms with Crippen LogP contribution in [0.2, 0.25) is 0 Å². The molecule has 0 unspecified atom stereocenters. The molecule has 0 amide bonds. The molecule has 0 fully saturated rings. The van der Waals surface area contributed by atoms with Crippen LogP contribution in [0.25, 0.3) is 33.5 Å². The van der Waals surface area contributed by atoms with Gasteiger partial charge in [-0.1, -0.05) is 69.3 Å². The minimum atomic E-state index is 0.140. The van der Waals surface area contributed by atoms with E-state index < -0.39 is 0 Å². The summed E-state index contributed by atoms with van der Waals surface area (Å²) >= 11 is 0. The van der Waals surface area contributed by atoms with Crippen molar-refractivity contribution in [2.45, 2.75) is 33.1 Å². The molecule has 1 aromatic heterocycles. The predicted octanol–water partition coefficient (Wildman–Crippen LogP) is 7.36. The Morgan fingerprint density at radius 2 is 1.50 bits per heavy atom. The van der Waals surface area contributed by atoms with Gasteiger partial charge in [-0.05, 0) is 64.9 Å². The third-order valence-corrected chi connectivity index (χ3v) is 5.67. The minimum Gasteiger partial charge on any atom is -0.493 e. The molecule has 4 aromatic rings. The minimum absolute atomic E-state index is 0.140. The van der Waals surface area contributed by atoms with Crippen LogP contribution in [0.5, 0.6) is 5.75 Å². The molecule has 0 atom stereocenters. The van der Waals surface area contributed by atoms with Gasteiger partial charge in [0.05, 0.1) is 12.3 Å². The molecule has 4 rings (SSSR count). The molecule has 0 aliphatic rings. The lowest BCUT2D eigenvalue weighted by atomic mass is 9.86. The lowest BCUT2D eigenvalue weighted by Crippen LogP contribution is -2.10. The van der Waals surface area contributed by atoms with Crippen LogP contribution in [0.3, 0.4) is 0 Å². The van der Waals surface area contributed by atoms with Gasteiger partial charge in [0.1, 0.15) is 5.75 Å². The number of benzene rings is 3. The average Bonchev–Trinajstić information content (AvgIpc) is 2.79. The number of aromatic nitrogens is 1. The first-order valence-electron chi connectivity index (χ1n) is 11.1. The molecule has 32 heavy (non-hydrogen) atoms. The molecule has 0 radical (unpaired) electrons. The number of rotatable bonds is 5. The Labute approximate surface area is 190 Å². The molecule has 0 aliphatic heterocycles. The van der Waals surface area contributed by atoms with E-state index in [1.807, 2.05) is 43.5 Å². The summed E-state index contributed by atoms with van der Waals surface area (Å²) in [5.41, 5.74) is 14.9. The zero-order valence-electron chi connectivity index (χ0n) is 19.2. The van der Waals surface area contributed by atoms with Gasteiger partial charge in [0, 0.05) is 23.0 Å². The first-order chi connectivity index (χ1) is 15.4. The first-order valence-corrected chi connectivity index (χ1v) is 11.1. The third kappa shape index (κ3) is 4.52. The highest BCUT2D eigenvalue weighted by molar-refractivity contribution is 5.83. The fourth-order valence-electron chi connectivity index (χ4n) is 3.87. The van der Waals surface area contributed by atoms with Gasteiger partial charge in [-0.3, -0.25) is 4.98 Å². The topological polar surface area (TPSA) is 48.1 Å². The molecule has 0 bridgehead atoms. The molecule has 3 aromatic carbocycles. The highest BCUT2D eigenvalue weighted by Crippen LogP contribution is 2.35. The van der Waals surface area contributed by atoms with Crippen molar-refractivity contribution in [3.05, 3.63) is 90.6 Å². The standard InChI is InChI=1S/C29H30N2O/c1-5-32-28-9-7-6-8-25(28)27-19-22(16-17-31-27)24-15-12-21(18-26(24)30)20-10-13-23(14-11-20)29(2,3)4/h6-19H,5,30H2,1-4H3. The van der Waals surface area contributed by atoms with Crippen molar-refractivity contribution >= 4 is 5.69 Å². The van der Waals surface area contributed by atoms with Crippen LogP contribution in [0, 0.1) is 0 Å². The SMILES string of the molecule is CCOc1ccccc1-c1cc(-c2ccc(-c3ccc(C(C)(C)C)cc3)cc2N)ccn1. The van der Waals surface area contributed by atoms with Crippen LogP contribution in [-0.2, 0) is 5.41 Å². The summed E-state index contributed by atoms with van der Waals surface area (Å²) in [6.07, 6.45) is 1.83. The van der Waals surface area contributed by atoms with Crippen molar-refractivity contribution in [3.63, 3.8) is 0 Å².